The van der Waals surface area contributed by atoms with E-state index in [1.807, 2.05) is 0 Å². The third-order valence-electron chi connectivity index (χ3n) is 3.34. The van der Waals surface area contributed by atoms with Crippen molar-refractivity contribution in [1.82, 2.24) is 5.32 Å². The number of ether oxygens (including phenoxy) is 3. The lowest BCUT2D eigenvalue weighted by Crippen LogP contribution is -2.43. The van der Waals surface area contributed by atoms with Gasteiger partial charge in [0, 0.05) is 6.08 Å². The Hall–Kier alpha value is -2.70. The number of carbonyl (C=O) groups is 2. The molecule has 0 aromatic heterocycles. The van der Waals surface area contributed by atoms with E-state index in [0.717, 1.165) is 0 Å². The van der Waals surface area contributed by atoms with Crippen molar-refractivity contribution < 1.29 is 28.9 Å². The van der Waals surface area contributed by atoms with Gasteiger partial charge >= 0.3 is 5.97 Å². The first kappa shape index (κ1) is 19.3. The number of hydrogen-bond donors (Lipinski definition) is 2. The molecular weight excluding hydrogens is 314 g/mol. The Kier molecular flexibility index (Phi) is 7.10. The van der Waals surface area contributed by atoms with Gasteiger partial charge in [-0.3, -0.25) is 4.79 Å². The van der Waals surface area contributed by atoms with E-state index in [2.05, 4.69) is 5.32 Å². The molecule has 132 valence electrons. The van der Waals surface area contributed by atoms with Gasteiger partial charge in [0.25, 0.3) is 0 Å². The van der Waals surface area contributed by atoms with Crippen LogP contribution in [0.1, 0.15) is 19.4 Å². The van der Waals surface area contributed by atoms with Crippen LogP contribution in [0.2, 0.25) is 0 Å². The van der Waals surface area contributed by atoms with E-state index in [-0.39, 0.29) is 5.92 Å². The fraction of sp³-hybridized carbons (Fsp3) is 0.412. The topological polar surface area (TPSA) is 94.1 Å². The second-order valence-corrected chi connectivity index (χ2v) is 5.36. The summed E-state index contributed by atoms with van der Waals surface area (Å²) in [5.41, 5.74) is 0.649. The Morgan fingerprint density at radius 2 is 1.62 bits per heavy atom. The number of hydrogen-bond acceptors (Lipinski definition) is 5. The minimum atomic E-state index is -1.07. The molecular formula is C17H23NO6. The van der Waals surface area contributed by atoms with Crippen molar-refractivity contribution in [2.45, 2.75) is 19.9 Å². The van der Waals surface area contributed by atoms with Crippen LogP contribution in [0.4, 0.5) is 0 Å². The maximum Gasteiger partial charge on any atom is 0.326 e. The lowest BCUT2D eigenvalue weighted by Gasteiger charge is -2.16. The van der Waals surface area contributed by atoms with Crippen molar-refractivity contribution in [3.05, 3.63) is 23.8 Å². The smallest absolute Gasteiger partial charge is 0.326 e. The van der Waals surface area contributed by atoms with Crippen molar-refractivity contribution in [2.75, 3.05) is 21.3 Å². The van der Waals surface area contributed by atoms with Crippen LogP contribution >= 0.6 is 0 Å². The van der Waals surface area contributed by atoms with E-state index in [0.29, 0.717) is 22.8 Å². The third kappa shape index (κ3) is 4.91. The Balaban J connectivity index is 2.97. The predicted octanol–water partition coefficient (Wildman–Crippen LogP) is 1.95. The summed E-state index contributed by atoms with van der Waals surface area (Å²) >= 11 is 0. The Morgan fingerprint density at radius 3 is 2.00 bits per heavy atom. The minimum absolute atomic E-state index is 0.221. The molecule has 1 aromatic carbocycles. The molecule has 0 aliphatic rings. The average molecular weight is 337 g/mol. The van der Waals surface area contributed by atoms with E-state index < -0.39 is 17.9 Å². The van der Waals surface area contributed by atoms with Crippen molar-refractivity contribution in [2.24, 2.45) is 5.92 Å². The van der Waals surface area contributed by atoms with Gasteiger partial charge in [-0.15, -0.1) is 0 Å². The Labute approximate surface area is 141 Å². The standard InChI is InChI=1S/C17H23NO6/c1-10(2)15(17(20)21)18-14(19)7-6-11-8-12(22-3)16(24-5)13(9-11)23-4/h6-10,15H,1-5H3,(H,18,19)(H,20,21)/b7-6+/t15-/m0/s1. The highest BCUT2D eigenvalue weighted by Gasteiger charge is 2.22. The van der Waals surface area contributed by atoms with Crippen molar-refractivity contribution in [1.29, 1.82) is 0 Å². The lowest BCUT2D eigenvalue weighted by molar-refractivity contribution is -0.142. The fourth-order valence-electron chi connectivity index (χ4n) is 2.08. The normalized spacial score (nSPS) is 12.1. The molecule has 0 unspecified atom stereocenters. The molecule has 0 saturated heterocycles. The first-order chi connectivity index (χ1) is 11.3. The third-order valence-corrected chi connectivity index (χ3v) is 3.34. The molecule has 0 aliphatic carbocycles. The van der Waals surface area contributed by atoms with Crippen LogP contribution in [0.5, 0.6) is 17.2 Å². The molecule has 0 bridgehead atoms. The first-order valence-electron chi connectivity index (χ1n) is 7.35. The zero-order valence-electron chi connectivity index (χ0n) is 14.5. The Bertz CT molecular complexity index is 599. The number of amides is 1. The second kappa shape index (κ2) is 8.81. The average Bonchev–Trinajstić information content (AvgIpc) is 2.55. The number of carbonyl (C=O) groups excluding carboxylic acids is 1. The van der Waals surface area contributed by atoms with Gasteiger partial charge in [0.1, 0.15) is 6.04 Å². The monoisotopic (exact) mass is 337 g/mol. The molecule has 1 atom stereocenters. The van der Waals surface area contributed by atoms with E-state index in [1.54, 1.807) is 32.1 Å². The lowest BCUT2D eigenvalue weighted by atomic mass is 10.0. The van der Waals surface area contributed by atoms with Crippen LogP contribution in [0.15, 0.2) is 18.2 Å². The largest absolute Gasteiger partial charge is 0.493 e. The molecule has 2 N–H and O–H groups in total. The molecule has 0 aliphatic heterocycles. The number of rotatable bonds is 8. The summed E-state index contributed by atoms with van der Waals surface area (Å²) in [6.45, 7) is 3.45. The van der Waals surface area contributed by atoms with Crippen molar-refractivity contribution in [3.8, 4) is 17.2 Å². The maximum atomic E-state index is 11.9. The zero-order chi connectivity index (χ0) is 18.3. The number of carboxylic acid groups (broad SMARTS) is 1. The van der Waals surface area contributed by atoms with Gasteiger partial charge in [-0.05, 0) is 29.7 Å². The van der Waals surface area contributed by atoms with E-state index >= 15 is 0 Å². The molecule has 0 saturated carbocycles. The van der Waals surface area contributed by atoms with Crippen LogP contribution in [0.25, 0.3) is 6.08 Å². The summed E-state index contributed by atoms with van der Waals surface area (Å²) in [6.07, 6.45) is 2.80. The highest BCUT2D eigenvalue weighted by atomic mass is 16.5. The van der Waals surface area contributed by atoms with Gasteiger partial charge in [0.05, 0.1) is 21.3 Å². The number of benzene rings is 1. The van der Waals surface area contributed by atoms with Gasteiger partial charge in [-0.1, -0.05) is 13.8 Å². The molecule has 1 aromatic rings. The van der Waals surface area contributed by atoms with Gasteiger partial charge in [0.15, 0.2) is 11.5 Å². The van der Waals surface area contributed by atoms with E-state index in [4.69, 9.17) is 19.3 Å². The molecule has 7 nitrogen and oxygen atoms in total. The summed E-state index contributed by atoms with van der Waals surface area (Å²) < 4.78 is 15.7. The second-order valence-electron chi connectivity index (χ2n) is 5.36. The van der Waals surface area contributed by atoms with Gasteiger partial charge in [0.2, 0.25) is 11.7 Å². The summed E-state index contributed by atoms with van der Waals surface area (Å²) in [4.78, 5) is 23.0. The van der Waals surface area contributed by atoms with Gasteiger partial charge in [-0.2, -0.15) is 0 Å². The molecule has 0 radical (unpaired) electrons. The number of nitrogens with one attached hydrogen (secondary N) is 1. The van der Waals surface area contributed by atoms with Crippen molar-refractivity contribution >= 4 is 18.0 Å². The van der Waals surface area contributed by atoms with Crippen LogP contribution in [0.3, 0.4) is 0 Å². The highest BCUT2D eigenvalue weighted by molar-refractivity contribution is 5.94. The SMILES string of the molecule is COc1cc(/C=C/C(=O)N[C@H](C(=O)O)C(C)C)cc(OC)c1OC. The van der Waals surface area contributed by atoms with Gasteiger partial charge < -0.3 is 24.6 Å². The van der Waals surface area contributed by atoms with Crippen molar-refractivity contribution in [3.63, 3.8) is 0 Å². The predicted molar refractivity (Wildman–Crippen MR) is 89.5 cm³/mol. The summed E-state index contributed by atoms with van der Waals surface area (Å²) in [7, 11) is 4.50. The molecule has 0 heterocycles. The first-order valence-corrected chi connectivity index (χ1v) is 7.35. The quantitative estimate of drug-likeness (QED) is 0.704. The summed E-state index contributed by atoms with van der Waals surface area (Å²) in [5, 5.41) is 11.5. The molecule has 1 rings (SSSR count). The van der Waals surface area contributed by atoms with E-state index in [1.165, 1.54) is 27.4 Å². The summed E-state index contributed by atoms with van der Waals surface area (Å²) in [6, 6.07) is 2.42. The molecule has 0 fully saturated rings. The highest BCUT2D eigenvalue weighted by Crippen LogP contribution is 2.38. The van der Waals surface area contributed by atoms with Gasteiger partial charge in [-0.25, -0.2) is 4.79 Å². The Morgan fingerprint density at radius 1 is 1.08 bits per heavy atom. The van der Waals surface area contributed by atoms with E-state index in [9.17, 15) is 9.59 Å². The summed E-state index contributed by atoms with van der Waals surface area (Å²) in [5.74, 6) is -0.414. The molecule has 0 spiro atoms. The molecule has 1 amide bonds. The number of carboxylic acids is 1. The molecule has 24 heavy (non-hydrogen) atoms. The van der Waals surface area contributed by atoms with Crippen LogP contribution in [-0.4, -0.2) is 44.4 Å². The van der Waals surface area contributed by atoms with Crippen LogP contribution < -0.4 is 19.5 Å². The molecule has 7 heteroatoms. The zero-order valence-corrected chi connectivity index (χ0v) is 14.5. The number of methoxy groups -OCH3 is 3. The number of aliphatic carboxylic acids is 1. The fourth-order valence-corrected chi connectivity index (χ4v) is 2.08. The maximum absolute atomic E-state index is 11.9. The van der Waals surface area contributed by atoms with Crippen LogP contribution in [-0.2, 0) is 9.59 Å². The minimum Gasteiger partial charge on any atom is -0.493 e. The van der Waals surface area contributed by atoms with Crippen LogP contribution in [0, 0.1) is 5.92 Å².